The molecule has 24 heavy (non-hydrogen) atoms. The predicted octanol–water partition coefficient (Wildman–Crippen LogP) is 1.19. The lowest BCUT2D eigenvalue weighted by molar-refractivity contribution is -0.141. The summed E-state index contributed by atoms with van der Waals surface area (Å²) in [7, 11) is -3.79. The molecule has 0 radical (unpaired) electrons. The fourth-order valence-electron chi connectivity index (χ4n) is 2.67. The molecule has 0 fully saturated rings. The second-order valence-electron chi connectivity index (χ2n) is 5.69. The summed E-state index contributed by atoms with van der Waals surface area (Å²) < 4.78 is 26.5. The van der Waals surface area contributed by atoms with E-state index in [4.69, 9.17) is 5.11 Å². The van der Waals surface area contributed by atoms with Crippen molar-refractivity contribution >= 4 is 38.4 Å². The number of rotatable bonds is 5. The first-order valence-electron chi connectivity index (χ1n) is 7.36. The molecule has 1 unspecified atom stereocenters. The van der Waals surface area contributed by atoms with Gasteiger partial charge in [0.2, 0.25) is 5.91 Å². The Bertz CT molecular complexity index is 933. The summed E-state index contributed by atoms with van der Waals surface area (Å²) in [4.78, 5) is 23.0. The van der Waals surface area contributed by atoms with Crippen LogP contribution in [0.2, 0.25) is 0 Å². The van der Waals surface area contributed by atoms with E-state index >= 15 is 0 Å². The van der Waals surface area contributed by atoms with E-state index in [-0.39, 0.29) is 18.0 Å². The lowest BCUT2D eigenvalue weighted by Gasteiger charge is -2.18. The summed E-state index contributed by atoms with van der Waals surface area (Å²) in [5.74, 6) is -2.32. The quantitative estimate of drug-likeness (QED) is 0.844. The maximum Gasteiger partial charge on any atom is 0.308 e. The van der Waals surface area contributed by atoms with Gasteiger partial charge in [0.1, 0.15) is 6.54 Å². The van der Waals surface area contributed by atoms with E-state index in [2.05, 4.69) is 5.32 Å². The monoisotopic (exact) mass is 348 g/mol. The Hall–Kier alpha value is -2.61. The van der Waals surface area contributed by atoms with Crippen molar-refractivity contribution in [1.82, 2.24) is 5.32 Å². The molecule has 126 valence electrons. The number of hydrogen-bond acceptors (Lipinski definition) is 4. The number of hydrogen-bond donors (Lipinski definition) is 2. The van der Waals surface area contributed by atoms with Crippen LogP contribution in [0.1, 0.15) is 6.92 Å². The third-order valence-corrected chi connectivity index (χ3v) is 5.80. The zero-order chi connectivity index (χ0) is 17.5. The minimum atomic E-state index is -3.79. The molecule has 8 heteroatoms. The van der Waals surface area contributed by atoms with Crippen LogP contribution < -0.4 is 9.62 Å². The van der Waals surface area contributed by atoms with Gasteiger partial charge in [0.25, 0.3) is 10.0 Å². The van der Waals surface area contributed by atoms with Gasteiger partial charge >= 0.3 is 5.97 Å². The molecule has 2 aromatic carbocycles. The van der Waals surface area contributed by atoms with E-state index in [1.165, 1.54) is 13.0 Å². The lowest BCUT2D eigenvalue weighted by Crippen LogP contribution is -2.41. The van der Waals surface area contributed by atoms with Crippen LogP contribution in [-0.4, -0.2) is 38.5 Å². The van der Waals surface area contributed by atoms with Crippen molar-refractivity contribution < 1.29 is 23.1 Å². The van der Waals surface area contributed by atoms with Crippen molar-refractivity contribution in [2.24, 2.45) is 5.92 Å². The zero-order valence-electron chi connectivity index (χ0n) is 12.9. The predicted molar refractivity (Wildman–Crippen MR) is 88.3 cm³/mol. The van der Waals surface area contributed by atoms with Gasteiger partial charge in [-0.05, 0) is 17.5 Å². The highest BCUT2D eigenvalue weighted by atomic mass is 32.2. The van der Waals surface area contributed by atoms with Gasteiger partial charge in [-0.3, -0.25) is 13.9 Å². The largest absolute Gasteiger partial charge is 0.481 e. The molecule has 1 atom stereocenters. The average molecular weight is 348 g/mol. The van der Waals surface area contributed by atoms with Gasteiger partial charge in [0.05, 0.1) is 16.5 Å². The first-order chi connectivity index (χ1) is 11.3. The highest BCUT2D eigenvalue weighted by Crippen LogP contribution is 2.41. The van der Waals surface area contributed by atoms with Crippen molar-refractivity contribution in [2.45, 2.75) is 11.8 Å². The van der Waals surface area contributed by atoms with Crippen LogP contribution in [-0.2, 0) is 19.6 Å². The second kappa shape index (κ2) is 5.79. The first kappa shape index (κ1) is 16.3. The number of carboxylic acids is 1. The van der Waals surface area contributed by atoms with E-state index in [0.29, 0.717) is 11.1 Å². The molecule has 1 amide bonds. The van der Waals surface area contributed by atoms with Crippen LogP contribution in [0.4, 0.5) is 5.69 Å². The molecular formula is C16H16N2O5S. The van der Waals surface area contributed by atoms with Crippen LogP contribution in [0, 0.1) is 5.92 Å². The Morgan fingerprint density at radius 2 is 1.88 bits per heavy atom. The number of carboxylic acid groups (broad SMARTS) is 1. The first-order valence-corrected chi connectivity index (χ1v) is 8.80. The van der Waals surface area contributed by atoms with Gasteiger partial charge in [-0.15, -0.1) is 0 Å². The highest BCUT2D eigenvalue weighted by molar-refractivity contribution is 7.93. The summed E-state index contributed by atoms with van der Waals surface area (Å²) in [6.45, 7) is 1.02. The molecule has 0 aromatic heterocycles. The minimum absolute atomic E-state index is 0.0563. The smallest absolute Gasteiger partial charge is 0.308 e. The summed E-state index contributed by atoms with van der Waals surface area (Å²) in [6.07, 6.45) is 0. The third kappa shape index (κ3) is 2.58. The molecule has 1 aliphatic heterocycles. The highest BCUT2D eigenvalue weighted by Gasteiger charge is 2.36. The van der Waals surface area contributed by atoms with E-state index in [9.17, 15) is 18.0 Å². The summed E-state index contributed by atoms with van der Waals surface area (Å²) >= 11 is 0. The summed E-state index contributed by atoms with van der Waals surface area (Å²) in [6, 6.07) is 10.2. The van der Waals surface area contributed by atoms with E-state index in [1.54, 1.807) is 18.2 Å². The Kier molecular flexibility index (Phi) is 3.92. The van der Waals surface area contributed by atoms with Crippen LogP contribution >= 0.6 is 0 Å². The van der Waals surface area contributed by atoms with Crippen LogP contribution in [0.15, 0.2) is 41.3 Å². The Labute approximate surface area is 138 Å². The SMILES string of the molecule is CC(CNC(=O)CN1c2cccc3cccc(c23)S1(=O)=O)C(=O)O. The molecule has 3 rings (SSSR count). The Balaban J connectivity index is 1.87. The van der Waals surface area contributed by atoms with Crippen molar-refractivity contribution in [3.05, 3.63) is 36.4 Å². The Morgan fingerprint density at radius 3 is 2.54 bits per heavy atom. The van der Waals surface area contributed by atoms with Crippen LogP contribution in [0.5, 0.6) is 0 Å². The minimum Gasteiger partial charge on any atom is -0.481 e. The van der Waals surface area contributed by atoms with E-state index in [0.717, 1.165) is 9.69 Å². The standard InChI is InChI=1S/C16H16N2O5S/c1-10(16(20)21)8-17-14(19)9-18-12-6-2-4-11-5-3-7-13(15(11)12)24(18,22)23/h2-7,10H,8-9H2,1H3,(H,17,19)(H,20,21). The topological polar surface area (TPSA) is 104 Å². The fraction of sp³-hybridized carbons (Fsp3) is 0.250. The summed E-state index contributed by atoms with van der Waals surface area (Å²) in [5.41, 5.74) is 0.463. The molecule has 2 N–H and O–H groups in total. The van der Waals surface area contributed by atoms with Gasteiger partial charge in [-0.1, -0.05) is 31.2 Å². The maximum atomic E-state index is 12.7. The number of benzene rings is 2. The van der Waals surface area contributed by atoms with E-state index < -0.39 is 27.8 Å². The number of amides is 1. The molecule has 1 heterocycles. The van der Waals surface area contributed by atoms with E-state index in [1.807, 2.05) is 12.1 Å². The number of sulfonamides is 1. The van der Waals surface area contributed by atoms with Crippen molar-refractivity contribution in [2.75, 3.05) is 17.4 Å². The van der Waals surface area contributed by atoms with Gasteiger partial charge in [-0.2, -0.15) is 0 Å². The number of carbonyl (C=O) groups excluding carboxylic acids is 1. The maximum absolute atomic E-state index is 12.7. The van der Waals surface area contributed by atoms with Gasteiger partial charge in [0, 0.05) is 11.9 Å². The molecule has 1 aliphatic rings. The van der Waals surface area contributed by atoms with Crippen molar-refractivity contribution in [1.29, 1.82) is 0 Å². The van der Waals surface area contributed by atoms with Gasteiger partial charge in [-0.25, -0.2) is 8.42 Å². The molecule has 0 saturated carbocycles. The molecular weight excluding hydrogens is 332 g/mol. The molecule has 0 bridgehead atoms. The lowest BCUT2D eigenvalue weighted by atomic mass is 10.1. The normalized spacial score (nSPS) is 16.1. The molecule has 0 spiro atoms. The van der Waals surface area contributed by atoms with Crippen molar-refractivity contribution in [3.8, 4) is 0 Å². The molecule has 7 nitrogen and oxygen atoms in total. The van der Waals surface area contributed by atoms with Gasteiger partial charge < -0.3 is 10.4 Å². The molecule has 0 saturated heterocycles. The third-order valence-electron chi connectivity index (χ3n) is 4.00. The summed E-state index contributed by atoms with van der Waals surface area (Å²) in [5, 5.41) is 12.7. The number of aliphatic carboxylic acids is 1. The van der Waals surface area contributed by atoms with Crippen LogP contribution in [0.3, 0.4) is 0 Å². The van der Waals surface area contributed by atoms with Crippen LogP contribution in [0.25, 0.3) is 10.8 Å². The number of nitrogens with one attached hydrogen (secondary N) is 1. The second-order valence-corrected chi connectivity index (χ2v) is 7.52. The molecule has 2 aromatic rings. The Morgan fingerprint density at radius 1 is 1.21 bits per heavy atom. The average Bonchev–Trinajstić information content (AvgIpc) is 2.76. The zero-order valence-corrected chi connectivity index (χ0v) is 13.7. The van der Waals surface area contributed by atoms with Gasteiger partial charge in [0.15, 0.2) is 0 Å². The number of nitrogens with zero attached hydrogens (tertiary/aromatic N) is 1. The number of anilines is 1. The number of carbonyl (C=O) groups is 2. The van der Waals surface area contributed by atoms with Crippen molar-refractivity contribution in [3.63, 3.8) is 0 Å². The molecule has 0 aliphatic carbocycles. The fourth-order valence-corrected chi connectivity index (χ4v) is 4.34.